The minimum atomic E-state index is -0.379. The Morgan fingerprint density at radius 1 is 1.27 bits per heavy atom. The first kappa shape index (κ1) is 26.6. The molecule has 3 amide bonds. The van der Waals surface area contributed by atoms with Gasteiger partial charge in [-0.15, -0.1) is 5.10 Å². The third-order valence-electron chi connectivity index (χ3n) is 6.88. The quantitative estimate of drug-likeness (QED) is 0.548. The van der Waals surface area contributed by atoms with Gasteiger partial charge in [0.25, 0.3) is 0 Å². The number of aliphatic hydroxyl groups is 1. The van der Waals surface area contributed by atoms with E-state index in [2.05, 4.69) is 15.6 Å². The van der Waals surface area contributed by atoms with E-state index in [4.69, 9.17) is 4.74 Å². The van der Waals surface area contributed by atoms with Crippen molar-refractivity contribution in [2.75, 3.05) is 32.1 Å². The summed E-state index contributed by atoms with van der Waals surface area (Å²) < 4.78 is 7.98. The number of carbonyl (C=O) groups is 2. The molecule has 0 spiro atoms. The molecule has 1 aliphatic heterocycles. The maximum Gasteiger partial charge on any atom is 0.321 e. The van der Waals surface area contributed by atoms with Crippen molar-refractivity contribution in [3.63, 3.8) is 0 Å². The highest BCUT2D eigenvalue weighted by molar-refractivity contribution is 6.01. The number of likely N-dealkylation sites (N-methyl/N-ethyl adjacent to an activating group) is 1. The summed E-state index contributed by atoms with van der Waals surface area (Å²) in [4.78, 5) is 29.5. The molecule has 10 heteroatoms. The molecular weight excluding hydrogens is 472 g/mol. The number of amides is 3. The lowest BCUT2D eigenvalue weighted by atomic mass is 10.0. The predicted octanol–water partition coefficient (Wildman–Crippen LogP) is 3.12. The number of nitrogens with zero attached hydrogens (tertiary/aromatic N) is 5. The molecule has 10 nitrogen and oxygen atoms in total. The second-order valence-corrected chi connectivity index (χ2v) is 9.82. The number of benzene rings is 2. The zero-order chi connectivity index (χ0) is 26.4. The summed E-state index contributed by atoms with van der Waals surface area (Å²) in [7, 11) is 1.73. The summed E-state index contributed by atoms with van der Waals surface area (Å²) in [6.45, 7) is 5.26. The van der Waals surface area contributed by atoms with Crippen LogP contribution in [-0.4, -0.2) is 80.7 Å². The van der Waals surface area contributed by atoms with Crippen molar-refractivity contribution in [1.82, 2.24) is 24.8 Å². The molecule has 0 radical (unpaired) electrons. The molecule has 37 heavy (non-hydrogen) atoms. The van der Waals surface area contributed by atoms with Crippen molar-refractivity contribution in [3.8, 4) is 0 Å². The lowest BCUT2D eigenvalue weighted by molar-refractivity contribution is -0.136. The molecule has 2 aromatic carbocycles. The Balaban J connectivity index is 1.51. The zero-order valence-corrected chi connectivity index (χ0v) is 21.7. The smallest absolute Gasteiger partial charge is 0.321 e. The first-order chi connectivity index (χ1) is 17.9. The summed E-state index contributed by atoms with van der Waals surface area (Å²) in [6, 6.07) is 13.1. The Hall–Kier alpha value is -3.50. The van der Waals surface area contributed by atoms with Gasteiger partial charge in [0, 0.05) is 44.4 Å². The second kappa shape index (κ2) is 12.2. The summed E-state index contributed by atoms with van der Waals surface area (Å²) in [5, 5.41) is 23.1. The van der Waals surface area contributed by atoms with Crippen molar-refractivity contribution < 1.29 is 19.4 Å². The Labute approximate surface area is 217 Å². The lowest BCUT2D eigenvalue weighted by Gasteiger charge is -2.35. The number of carbonyl (C=O) groups excluding carboxylic acids is 2. The number of aryl methyl sites for hydroxylation is 1. The Kier molecular flexibility index (Phi) is 8.73. The van der Waals surface area contributed by atoms with E-state index >= 15 is 0 Å². The highest BCUT2D eigenvalue weighted by atomic mass is 16.5. The molecule has 0 aliphatic carbocycles. The van der Waals surface area contributed by atoms with Crippen molar-refractivity contribution in [2.45, 2.75) is 52.0 Å². The number of hydrogen-bond acceptors (Lipinski definition) is 6. The highest BCUT2D eigenvalue weighted by Crippen LogP contribution is 2.24. The standard InChI is InChI=1S/C27H36N6O4/c1-19-14-33(20(2)17-34)26(35)12-7-13-32-15-22(29-30-32)18-37-25(19)16-31(3)27(36)28-24-11-6-9-21-8-4-5-10-23(21)24/h4-6,8-11,15,19-20,25,34H,7,12-14,16-18H2,1-3H3,(H,28,36)/t19-,20+,25-/m1/s1. The predicted molar refractivity (Wildman–Crippen MR) is 141 cm³/mol. The molecule has 198 valence electrons. The first-order valence-corrected chi connectivity index (χ1v) is 12.8. The maximum atomic E-state index is 13.2. The topological polar surface area (TPSA) is 113 Å². The number of fused-ring (bicyclic) bond motifs is 3. The molecule has 3 atom stereocenters. The van der Waals surface area contributed by atoms with E-state index in [1.165, 1.54) is 0 Å². The van der Waals surface area contributed by atoms with Crippen LogP contribution in [0.15, 0.2) is 48.7 Å². The van der Waals surface area contributed by atoms with E-state index in [1.54, 1.807) is 21.5 Å². The van der Waals surface area contributed by atoms with Gasteiger partial charge in [0.2, 0.25) is 5.91 Å². The van der Waals surface area contributed by atoms with E-state index in [0.717, 1.165) is 16.5 Å². The average Bonchev–Trinajstić information content (AvgIpc) is 3.36. The Morgan fingerprint density at radius 3 is 2.86 bits per heavy atom. The van der Waals surface area contributed by atoms with Crippen LogP contribution in [0.1, 0.15) is 32.4 Å². The van der Waals surface area contributed by atoms with Gasteiger partial charge in [0.1, 0.15) is 5.69 Å². The summed E-state index contributed by atoms with van der Waals surface area (Å²) >= 11 is 0. The fraction of sp³-hybridized carbons (Fsp3) is 0.481. The fourth-order valence-corrected chi connectivity index (χ4v) is 4.59. The van der Waals surface area contributed by atoms with Gasteiger partial charge < -0.3 is 25.0 Å². The Bertz CT molecular complexity index is 1210. The summed E-state index contributed by atoms with van der Waals surface area (Å²) in [5.74, 6) is -0.129. The van der Waals surface area contributed by atoms with E-state index in [-0.39, 0.29) is 43.2 Å². The first-order valence-electron chi connectivity index (χ1n) is 12.8. The van der Waals surface area contributed by atoms with Gasteiger partial charge in [-0.1, -0.05) is 48.5 Å². The molecule has 0 saturated heterocycles. The SMILES string of the molecule is C[C@@H]1CN([C@@H](C)CO)C(=O)CCCn2cc(nn2)CO[C@@H]1CN(C)C(=O)Nc1cccc2ccccc12. The average molecular weight is 509 g/mol. The molecular formula is C27H36N6O4. The van der Waals surface area contributed by atoms with E-state index in [0.29, 0.717) is 38.2 Å². The third-order valence-corrected chi connectivity index (χ3v) is 6.88. The van der Waals surface area contributed by atoms with Crippen LogP contribution in [0.4, 0.5) is 10.5 Å². The van der Waals surface area contributed by atoms with Gasteiger partial charge in [0.05, 0.1) is 37.2 Å². The van der Waals surface area contributed by atoms with Crippen molar-refractivity contribution in [1.29, 1.82) is 0 Å². The van der Waals surface area contributed by atoms with E-state index in [1.807, 2.05) is 62.5 Å². The summed E-state index contributed by atoms with van der Waals surface area (Å²) in [6.07, 6.45) is 2.43. The van der Waals surface area contributed by atoms with Gasteiger partial charge in [-0.25, -0.2) is 4.79 Å². The van der Waals surface area contributed by atoms with Gasteiger partial charge in [-0.2, -0.15) is 0 Å². The molecule has 1 aromatic heterocycles. The second-order valence-electron chi connectivity index (χ2n) is 9.82. The molecule has 2 heterocycles. The number of aliphatic hydroxyl groups excluding tert-OH is 1. The number of rotatable bonds is 5. The minimum absolute atomic E-state index is 0.0196. The minimum Gasteiger partial charge on any atom is -0.394 e. The number of anilines is 1. The highest BCUT2D eigenvalue weighted by Gasteiger charge is 2.29. The van der Waals surface area contributed by atoms with E-state index in [9.17, 15) is 14.7 Å². The number of ether oxygens (including phenoxy) is 1. The zero-order valence-electron chi connectivity index (χ0n) is 21.7. The molecule has 2 bridgehead atoms. The molecule has 3 aromatic rings. The van der Waals surface area contributed by atoms with Crippen LogP contribution < -0.4 is 5.32 Å². The molecule has 0 unspecified atom stereocenters. The number of aromatic nitrogens is 3. The van der Waals surface area contributed by atoms with Crippen LogP contribution in [-0.2, 0) is 22.7 Å². The van der Waals surface area contributed by atoms with Crippen LogP contribution in [0, 0.1) is 5.92 Å². The van der Waals surface area contributed by atoms with Crippen LogP contribution in [0.25, 0.3) is 10.8 Å². The monoisotopic (exact) mass is 508 g/mol. The third kappa shape index (κ3) is 6.64. The number of nitrogens with one attached hydrogen (secondary N) is 1. The molecule has 4 rings (SSSR count). The van der Waals surface area contributed by atoms with Crippen LogP contribution in [0.3, 0.4) is 0 Å². The maximum absolute atomic E-state index is 13.2. The number of hydrogen-bond donors (Lipinski definition) is 2. The van der Waals surface area contributed by atoms with Gasteiger partial charge in [0.15, 0.2) is 0 Å². The van der Waals surface area contributed by atoms with Gasteiger partial charge in [-0.3, -0.25) is 9.48 Å². The number of urea groups is 1. The lowest BCUT2D eigenvalue weighted by Crippen LogP contribution is -2.48. The van der Waals surface area contributed by atoms with Crippen molar-refractivity contribution >= 4 is 28.4 Å². The summed E-state index contributed by atoms with van der Waals surface area (Å²) in [5.41, 5.74) is 1.44. The van der Waals surface area contributed by atoms with Crippen LogP contribution in [0.5, 0.6) is 0 Å². The molecule has 0 saturated carbocycles. The Morgan fingerprint density at radius 2 is 2.05 bits per heavy atom. The van der Waals surface area contributed by atoms with Crippen molar-refractivity contribution in [3.05, 3.63) is 54.4 Å². The van der Waals surface area contributed by atoms with Crippen molar-refractivity contribution in [2.24, 2.45) is 5.92 Å². The molecule has 2 N–H and O–H groups in total. The largest absolute Gasteiger partial charge is 0.394 e. The van der Waals surface area contributed by atoms with Crippen LogP contribution in [0.2, 0.25) is 0 Å². The fourth-order valence-electron chi connectivity index (χ4n) is 4.59. The molecule has 1 aliphatic rings. The van der Waals surface area contributed by atoms with Crippen LogP contribution >= 0.6 is 0 Å². The van der Waals surface area contributed by atoms with E-state index < -0.39 is 0 Å². The normalized spacial score (nSPS) is 20.0. The molecule has 0 fully saturated rings. The van der Waals surface area contributed by atoms with Gasteiger partial charge in [-0.05, 0) is 24.8 Å². The van der Waals surface area contributed by atoms with Gasteiger partial charge >= 0.3 is 6.03 Å².